The maximum Gasteiger partial charge on any atom is 0.495 e. The van der Waals surface area contributed by atoms with Gasteiger partial charge in [0, 0.05) is 16.9 Å². The van der Waals surface area contributed by atoms with E-state index in [0.29, 0.717) is 11.3 Å². The fourth-order valence-electron chi connectivity index (χ4n) is 6.06. The molecule has 0 bridgehead atoms. The van der Waals surface area contributed by atoms with Crippen LogP contribution in [0.4, 0.5) is 8.78 Å². The third-order valence-electron chi connectivity index (χ3n) is 7.33. The van der Waals surface area contributed by atoms with Gasteiger partial charge >= 0.3 is 7.12 Å². The van der Waals surface area contributed by atoms with Crippen molar-refractivity contribution in [3.8, 4) is 0 Å². The molecule has 6 heteroatoms. The fraction of sp³-hybridized carbons (Fsp3) is 0.619. The zero-order valence-corrected chi connectivity index (χ0v) is 16.4. The zero-order chi connectivity index (χ0) is 19.7. The summed E-state index contributed by atoms with van der Waals surface area (Å²) in [5.41, 5.74) is 0.456. The molecule has 0 unspecified atom stereocenters. The molecule has 146 valence electrons. The van der Waals surface area contributed by atoms with Crippen LogP contribution in [0.1, 0.15) is 77.0 Å². The zero-order valence-electron chi connectivity index (χ0n) is 16.4. The van der Waals surface area contributed by atoms with Crippen LogP contribution in [0.3, 0.4) is 0 Å². The van der Waals surface area contributed by atoms with E-state index >= 15 is 0 Å². The molecule has 2 aromatic rings. The second-order valence-corrected chi connectivity index (χ2v) is 9.47. The second-order valence-electron chi connectivity index (χ2n) is 9.47. The van der Waals surface area contributed by atoms with Gasteiger partial charge in [-0.05, 0) is 48.5 Å². The third kappa shape index (κ3) is 2.60. The largest absolute Gasteiger partial charge is 0.495 e. The molecular weight excluding hydrogens is 349 g/mol. The van der Waals surface area contributed by atoms with Crippen molar-refractivity contribution < 1.29 is 23.2 Å². The van der Waals surface area contributed by atoms with Crippen molar-refractivity contribution in [2.45, 2.75) is 71.1 Å². The molecule has 4 rings (SSSR count). The molecule has 3 nitrogen and oxygen atoms in total. The molecule has 1 fully saturated rings. The first-order chi connectivity index (χ1) is 12.6. The average Bonchev–Trinajstić information content (AvgIpc) is 2.88. The van der Waals surface area contributed by atoms with Crippen LogP contribution >= 0.6 is 0 Å². The smallest absolute Gasteiger partial charge is 0.461 e. The highest BCUT2D eigenvalue weighted by molar-refractivity contribution is 6.61. The standard InChI is InChI=1S/C21H27BF2O3/c1-11-6-7-14-20(2,3)8-5-9-21(14,4)15-12-10-13(23)17(24)16(22(25)26)19(12)27-18(11)15/h10-11,14,25-26H,5-9H2,1-4H3/t11-,14-,21-/m1/s1. The van der Waals surface area contributed by atoms with E-state index in [0.717, 1.165) is 43.4 Å². The van der Waals surface area contributed by atoms with Crippen molar-refractivity contribution in [2.24, 2.45) is 11.3 Å². The van der Waals surface area contributed by atoms with Crippen LogP contribution in [0.15, 0.2) is 10.5 Å². The molecule has 1 aromatic carbocycles. The van der Waals surface area contributed by atoms with Crippen LogP contribution in [0, 0.1) is 23.0 Å². The number of halogens is 2. The lowest BCUT2D eigenvalue weighted by molar-refractivity contribution is 0.0504. The van der Waals surface area contributed by atoms with Gasteiger partial charge < -0.3 is 14.5 Å². The maximum absolute atomic E-state index is 14.4. The fourth-order valence-corrected chi connectivity index (χ4v) is 6.06. The van der Waals surface area contributed by atoms with Gasteiger partial charge in [0.05, 0.1) is 5.46 Å². The molecule has 2 aliphatic carbocycles. The van der Waals surface area contributed by atoms with Gasteiger partial charge in [0.15, 0.2) is 11.6 Å². The van der Waals surface area contributed by atoms with Gasteiger partial charge in [0.25, 0.3) is 0 Å². The van der Waals surface area contributed by atoms with Crippen molar-refractivity contribution in [3.05, 3.63) is 29.0 Å². The van der Waals surface area contributed by atoms with Crippen LogP contribution < -0.4 is 5.46 Å². The molecule has 0 aliphatic heterocycles. The summed E-state index contributed by atoms with van der Waals surface area (Å²) < 4.78 is 34.8. The van der Waals surface area contributed by atoms with E-state index in [1.807, 2.05) is 0 Å². The van der Waals surface area contributed by atoms with E-state index in [1.54, 1.807) is 0 Å². The van der Waals surface area contributed by atoms with E-state index in [2.05, 4.69) is 27.7 Å². The first-order valence-electron chi connectivity index (χ1n) is 9.89. The van der Waals surface area contributed by atoms with Gasteiger partial charge in [0.1, 0.15) is 11.3 Å². The molecular formula is C21H27BF2O3. The van der Waals surface area contributed by atoms with Crippen molar-refractivity contribution in [3.63, 3.8) is 0 Å². The summed E-state index contributed by atoms with van der Waals surface area (Å²) >= 11 is 0. The Kier molecular flexibility index (Phi) is 4.24. The Balaban J connectivity index is 2.08. The Bertz CT molecular complexity index is 905. The molecule has 0 spiro atoms. The van der Waals surface area contributed by atoms with Crippen molar-refractivity contribution >= 4 is 23.6 Å². The highest BCUT2D eigenvalue weighted by Crippen LogP contribution is 2.59. The molecule has 3 atom stereocenters. The minimum absolute atomic E-state index is 0.0750. The molecule has 0 radical (unpaired) electrons. The molecule has 27 heavy (non-hydrogen) atoms. The number of hydrogen-bond donors (Lipinski definition) is 2. The summed E-state index contributed by atoms with van der Waals surface area (Å²) in [4.78, 5) is 0. The number of fused-ring (bicyclic) bond motifs is 5. The Morgan fingerprint density at radius 3 is 2.52 bits per heavy atom. The predicted molar refractivity (Wildman–Crippen MR) is 102 cm³/mol. The van der Waals surface area contributed by atoms with Gasteiger partial charge in [-0.15, -0.1) is 0 Å². The normalized spacial score (nSPS) is 29.9. The predicted octanol–water partition coefficient (Wildman–Crippen LogP) is 4.37. The summed E-state index contributed by atoms with van der Waals surface area (Å²) in [5.74, 6) is -1.06. The monoisotopic (exact) mass is 376 g/mol. The minimum Gasteiger partial charge on any atom is -0.461 e. The second kappa shape index (κ2) is 6.05. The molecule has 0 amide bonds. The van der Waals surface area contributed by atoms with Crippen LogP contribution in [0.5, 0.6) is 0 Å². The van der Waals surface area contributed by atoms with E-state index in [-0.39, 0.29) is 22.3 Å². The summed E-state index contributed by atoms with van der Waals surface area (Å²) in [6.07, 6.45) is 5.19. The first kappa shape index (κ1) is 18.9. The van der Waals surface area contributed by atoms with Crippen LogP contribution in [0.2, 0.25) is 0 Å². The van der Waals surface area contributed by atoms with Gasteiger partial charge in [-0.2, -0.15) is 0 Å². The van der Waals surface area contributed by atoms with Crippen LogP contribution in [-0.2, 0) is 5.41 Å². The van der Waals surface area contributed by atoms with Gasteiger partial charge in [-0.3, -0.25) is 0 Å². The molecule has 0 saturated heterocycles. The van der Waals surface area contributed by atoms with Gasteiger partial charge in [0.2, 0.25) is 0 Å². The summed E-state index contributed by atoms with van der Waals surface area (Å²) in [6, 6.07) is 1.18. The first-order valence-corrected chi connectivity index (χ1v) is 9.89. The van der Waals surface area contributed by atoms with E-state index in [1.165, 1.54) is 6.07 Å². The van der Waals surface area contributed by atoms with Crippen LogP contribution in [-0.4, -0.2) is 17.2 Å². The Hall–Kier alpha value is -1.40. The van der Waals surface area contributed by atoms with E-state index in [4.69, 9.17) is 4.42 Å². The number of furan rings is 1. The quantitative estimate of drug-likeness (QED) is 0.727. The van der Waals surface area contributed by atoms with Gasteiger partial charge in [-0.25, -0.2) is 8.78 Å². The topological polar surface area (TPSA) is 53.6 Å². The molecule has 2 aliphatic rings. The Morgan fingerprint density at radius 1 is 1.15 bits per heavy atom. The lowest BCUT2D eigenvalue weighted by atomic mass is 9.53. The van der Waals surface area contributed by atoms with E-state index < -0.39 is 24.2 Å². The summed E-state index contributed by atoms with van der Waals surface area (Å²) in [6.45, 7) is 8.91. The SMILES string of the molecule is C[C@@H]1CC[C@@H]2C(C)(C)CCC[C@@]2(C)c2c1oc1c(B(O)O)c(F)c(F)cc21. The van der Waals surface area contributed by atoms with Gasteiger partial charge in [-0.1, -0.05) is 34.1 Å². The van der Waals surface area contributed by atoms with Crippen molar-refractivity contribution in [1.82, 2.24) is 0 Å². The third-order valence-corrected chi connectivity index (χ3v) is 7.33. The lowest BCUT2D eigenvalue weighted by Gasteiger charge is -2.50. The molecule has 1 saturated carbocycles. The summed E-state index contributed by atoms with van der Waals surface area (Å²) in [5, 5.41) is 19.8. The van der Waals surface area contributed by atoms with E-state index in [9.17, 15) is 18.8 Å². The van der Waals surface area contributed by atoms with Crippen molar-refractivity contribution in [1.29, 1.82) is 0 Å². The van der Waals surface area contributed by atoms with Crippen molar-refractivity contribution in [2.75, 3.05) is 0 Å². The Labute approximate surface area is 158 Å². The number of hydrogen-bond acceptors (Lipinski definition) is 3. The highest BCUT2D eigenvalue weighted by Gasteiger charge is 2.51. The highest BCUT2D eigenvalue weighted by atomic mass is 19.2. The molecule has 2 N–H and O–H groups in total. The summed E-state index contributed by atoms with van der Waals surface area (Å²) in [7, 11) is -2.13. The number of rotatable bonds is 1. The average molecular weight is 376 g/mol. The molecule has 1 aromatic heterocycles. The molecule has 1 heterocycles. The van der Waals surface area contributed by atoms with Crippen LogP contribution in [0.25, 0.3) is 11.0 Å². The minimum atomic E-state index is -2.13. The number of benzene rings is 1. The Morgan fingerprint density at radius 2 is 1.85 bits per heavy atom. The lowest BCUT2D eigenvalue weighted by Crippen LogP contribution is -2.44. The maximum atomic E-state index is 14.4.